The predicted octanol–water partition coefficient (Wildman–Crippen LogP) is 3.02. The Morgan fingerprint density at radius 1 is 1.09 bits per heavy atom. The first-order valence-corrected chi connectivity index (χ1v) is 13.8. The van der Waals surface area contributed by atoms with Gasteiger partial charge < -0.3 is 14.8 Å². The van der Waals surface area contributed by atoms with Gasteiger partial charge in [-0.05, 0) is 43.2 Å². The number of aromatic amines is 1. The number of aliphatic imine (C=N–C) groups is 1. The number of imide groups is 2. The second kappa shape index (κ2) is 10.8. The normalized spacial score (nSPS) is 22.5. The molecule has 3 N–H and O–H groups in total. The first-order valence-electron chi connectivity index (χ1n) is 13.8. The van der Waals surface area contributed by atoms with Crippen LogP contribution in [0.1, 0.15) is 58.4 Å². The zero-order chi connectivity index (χ0) is 30.4. The maximum atomic E-state index is 13.4. The molecule has 1 fully saturated rings. The van der Waals surface area contributed by atoms with Crippen molar-refractivity contribution in [2.24, 2.45) is 10.9 Å². The summed E-state index contributed by atoms with van der Waals surface area (Å²) in [5.41, 5.74) is 1.27. The van der Waals surface area contributed by atoms with E-state index in [4.69, 9.17) is 4.74 Å². The lowest BCUT2D eigenvalue weighted by molar-refractivity contribution is -0.149. The van der Waals surface area contributed by atoms with Crippen molar-refractivity contribution in [2.45, 2.75) is 38.1 Å². The van der Waals surface area contributed by atoms with Crippen LogP contribution in [-0.4, -0.2) is 69.2 Å². The second-order valence-corrected chi connectivity index (χ2v) is 10.5. The smallest absolute Gasteiger partial charge is 0.317 e. The third-order valence-corrected chi connectivity index (χ3v) is 8.03. The number of hydrogen-bond donors (Lipinski definition) is 3. The Hall–Kier alpha value is -5.39. The molecule has 1 aliphatic carbocycles. The van der Waals surface area contributed by atoms with E-state index >= 15 is 0 Å². The Morgan fingerprint density at radius 2 is 1.88 bits per heavy atom. The third kappa shape index (κ3) is 4.60. The molecule has 1 saturated heterocycles. The van der Waals surface area contributed by atoms with Crippen LogP contribution in [0, 0.1) is 5.92 Å². The largest absolute Gasteiger partial charge is 0.511 e. The highest BCUT2D eigenvalue weighted by Gasteiger charge is 2.46. The molecule has 0 bridgehead atoms. The molecular weight excluding hydrogens is 556 g/mol. The molecule has 0 spiro atoms. The molecule has 0 radical (unpaired) electrons. The van der Waals surface area contributed by atoms with E-state index in [1.54, 1.807) is 25.3 Å². The van der Waals surface area contributed by atoms with Crippen molar-refractivity contribution in [1.82, 2.24) is 15.2 Å². The summed E-state index contributed by atoms with van der Waals surface area (Å²) in [6.07, 6.45) is 2.69. The summed E-state index contributed by atoms with van der Waals surface area (Å²) in [6, 6.07) is 10.5. The highest BCUT2D eigenvalue weighted by molar-refractivity contribution is 6.26. The average Bonchev–Trinajstić information content (AvgIpc) is 3.56. The number of ketones is 1. The third-order valence-electron chi connectivity index (χ3n) is 8.03. The molecule has 218 valence electrons. The number of benzene rings is 2. The Labute approximate surface area is 244 Å². The molecule has 6 rings (SSSR count). The number of hydrogen-bond acceptors (Lipinski definition) is 9. The van der Waals surface area contributed by atoms with Crippen LogP contribution in [0.5, 0.6) is 0 Å². The van der Waals surface area contributed by atoms with Crippen LogP contribution in [0.4, 0.5) is 5.69 Å². The lowest BCUT2D eigenvalue weighted by Gasteiger charge is -2.30. The van der Waals surface area contributed by atoms with E-state index in [0.29, 0.717) is 5.56 Å². The fourth-order valence-electron chi connectivity index (χ4n) is 6.04. The highest BCUT2D eigenvalue weighted by atomic mass is 16.5. The van der Waals surface area contributed by atoms with Gasteiger partial charge in [-0.1, -0.05) is 18.2 Å². The van der Waals surface area contributed by atoms with Crippen LogP contribution in [0.2, 0.25) is 0 Å². The number of Topliss-reactive ketones (excluding diaryl/α,β-unsaturated/α-hetero) is 1. The van der Waals surface area contributed by atoms with Crippen LogP contribution in [-0.2, 0) is 23.9 Å². The Balaban J connectivity index is 1.36. The molecule has 12 heteroatoms. The molecule has 0 saturated carbocycles. The first-order chi connectivity index (χ1) is 20.7. The standard InChI is InChI=1S/C31H26N4O8/c1-2-43-31(42)26-18(15-5-3-7-20-16(15)11-12-32-20)13-23(36)19(27(26)38)14-33-21-8-4-6-17-25(21)30(41)35(29(17)40)22-9-10-24(37)34-28(22)39/h3-8,11-12,14,18,22,26,32,38H,2,9-10,13H2,1H3,(H,34,37,39). The number of nitrogens with zero attached hydrogens (tertiary/aromatic N) is 2. The number of aliphatic hydroxyl groups is 1. The van der Waals surface area contributed by atoms with Crippen LogP contribution in [0.25, 0.3) is 10.9 Å². The number of piperidine rings is 1. The number of aromatic nitrogens is 1. The van der Waals surface area contributed by atoms with Gasteiger partial charge in [-0.25, -0.2) is 0 Å². The first kappa shape index (κ1) is 27.8. The minimum absolute atomic E-state index is 0.00309. The monoisotopic (exact) mass is 582 g/mol. The maximum absolute atomic E-state index is 13.4. The summed E-state index contributed by atoms with van der Waals surface area (Å²) >= 11 is 0. The lowest BCUT2D eigenvalue weighted by Crippen LogP contribution is -2.54. The van der Waals surface area contributed by atoms with Crippen LogP contribution in [0.3, 0.4) is 0 Å². The molecular formula is C31H26N4O8. The summed E-state index contributed by atoms with van der Waals surface area (Å²) in [6.45, 7) is 1.71. The van der Waals surface area contributed by atoms with Crippen LogP contribution < -0.4 is 5.32 Å². The van der Waals surface area contributed by atoms with Crippen molar-refractivity contribution >= 4 is 58.2 Å². The van der Waals surface area contributed by atoms with E-state index in [1.807, 2.05) is 12.1 Å². The van der Waals surface area contributed by atoms with Crippen molar-refractivity contribution < 1.29 is 38.6 Å². The molecule has 3 aromatic rings. The quantitative estimate of drug-likeness (QED) is 0.226. The molecule has 3 unspecified atom stereocenters. The number of carbonyl (C=O) groups excluding carboxylic acids is 6. The van der Waals surface area contributed by atoms with Gasteiger partial charge in [0.2, 0.25) is 11.8 Å². The molecule has 4 amide bonds. The minimum Gasteiger partial charge on any atom is -0.511 e. The van der Waals surface area contributed by atoms with Crippen molar-refractivity contribution in [3.8, 4) is 0 Å². The van der Waals surface area contributed by atoms with Gasteiger partial charge in [-0.3, -0.25) is 44.0 Å². The predicted molar refractivity (Wildman–Crippen MR) is 152 cm³/mol. The Morgan fingerprint density at radius 3 is 2.65 bits per heavy atom. The number of H-pyrrole nitrogens is 1. The fourth-order valence-corrected chi connectivity index (χ4v) is 6.04. The highest BCUT2D eigenvalue weighted by Crippen LogP contribution is 2.42. The number of allylic oxidation sites excluding steroid dienone is 1. The molecule has 3 aliphatic rings. The van der Waals surface area contributed by atoms with Crippen molar-refractivity contribution in [2.75, 3.05) is 6.61 Å². The maximum Gasteiger partial charge on any atom is 0.317 e. The van der Waals surface area contributed by atoms with E-state index < -0.39 is 59.0 Å². The van der Waals surface area contributed by atoms with Crippen molar-refractivity contribution in [3.63, 3.8) is 0 Å². The number of fused-ring (bicyclic) bond motifs is 2. The van der Waals surface area contributed by atoms with Crippen molar-refractivity contribution in [1.29, 1.82) is 0 Å². The van der Waals surface area contributed by atoms with Crippen LogP contribution >= 0.6 is 0 Å². The minimum atomic E-state index is -1.19. The number of ether oxygens (including phenoxy) is 1. The van der Waals surface area contributed by atoms with E-state index in [-0.39, 0.29) is 48.3 Å². The van der Waals surface area contributed by atoms with Gasteiger partial charge in [0.05, 0.1) is 29.0 Å². The summed E-state index contributed by atoms with van der Waals surface area (Å²) in [5.74, 6) is -6.26. The zero-order valence-electron chi connectivity index (χ0n) is 23.0. The average molecular weight is 583 g/mol. The summed E-state index contributed by atoms with van der Waals surface area (Å²) in [7, 11) is 0. The summed E-state index contributed by atoms with van der Waals surface area (Å²) < 4.78 is 5.28. The number of rotatable bonds is 6. The molecule has 43 heavy (non-hydrogen) atoms. The van der Waals surface area contributed by atoms with Gasteiger partial charge in [-0.15, -0.1) is 0 Å². The SMILES string of the molecule is CCOC(=O)C1C(O)=C(C=Nc2cccc3c2C(=O)N(C2CCC(=O)NC2=O)C3=O)C(=O)CC1c1cccc2[nH]ccc12. The number of carbonyl (C=O) groups is 6. The second-order valence-electron chi connectivity index (χ2n) is 10.5. The lowest BCUT2D eigenvalue weighted by atomic mass is 9.74. The van der Waals surface area contributed by atoms with E-state index in [0.717, 1.165) is 22.0 Å². The molecule has 3 atom stereocenters. The van der Waals surface area contributed by atoms with E-state index in [1.165, 1.54) is 18.2 Å². The van der Waals surface area contributed by atoms with Gasteiger partial charge in [-0.2, -0.15) is 0 Å². The molecule has 2 aromatic carbocycles. The zero-order valence-corrected chi connectivity index (χ0v) is 23.0. The van der Waals surface area contributed by atoms with Crippen molar-refractivity contribution in [3.05, 3.63) is 76.7 Å². The molecule has 2 aliphatic heterocycles. The molecule has 12 nitrogen and oxygen atoms in total. The summed E-state index contributed by atoms with van der Waals surface area (Å²) in [5, 5.41) is 14.3. The van der Waals surface area contributed by atoms with E-state index in [9.17, 15) is 33.9 Å². The van der Waals surface area contributed by atoms with Gasteiger partial charge in [0.25, 0.3) is 11.8 Å². The number of nitrogens with one attached hydrogen (secondary N) is 2. The van der Waals surface area contributed by atoms with Gasteiger partial charge in [0.15, 0.2) is 5.78 Å². The van der Waals surface area contributed by atoms with Gasteiger partial charge >= 0.3 is 5.97 Å². The van der Waals surface area contributed by atoms with Gasteiger partial charge in [0, 0.05) is 42.1 Å². The summed E-state index contributed by atoms with van der Waals surface area (Å²) in [4.78, 5) is 85.3. The number of amides is 4. The molecule has 3 heterocycles. The van der Waals surface area contributed by atoms with Crippen LogP contribution in [0.15, 0.2) is 65.0 Å². The number of esters is 1. The fraction of sp³-hybridized carbons (Fsp3) is 0.258. The Bertz CT molecular complexity index is 1800. The topological polar surface area (TPSA) is 175 Å². The van der Waals surface area contributed by atoms with E-state index in [2.05, 4.69) is 15.3 Å². The Kier molecular flexibility index (Phi) is 6.96. The molecule has 1 aromatic heterocycles. The number of aliphatic hydroxyl groups excluding tert-OH is 1. The van der Waals surface area contributed by atoms with Gasteiger partial charge in [0.1, 0.15) is 17.7 Å².